The average molecular weight is 331 g/mol. The van der Waals surface area contributed by atoms with Gasteiger partial charge in [-0.1, -0.05) is 48.0 Å². The van der Waals surface area contributed by atoms with Gasteiger partial charge in [0.05, 0.1) is 0 Å². The van der Waals surface area contributed by atoms with Gasteiger partial charge in [-0.3, -0.25) is 0 Å². The van der Waals surface area contributed by atoms with Crippen molar-refractivity contribution in [3.63, 3.8) is 0 Å². The van der Waals surface area contributed by atoms with Crippen LogP contribution in [0.25, 0.3) is 0 Å². The zero-order chi connectivity index (χ0) is 17.1. The van der Waals surface area contributed by atoms with Crippen molar-refractivity contribution in [2.45, 2.75) is 31.7 Å². The average Bonchev–Trinajstić information content (AvgIpc) is 2.59. The van der Waals surface area contributed by atoms with E-state index < -0.39 is 0 Å². The van der Waals surface area contributed by atoms with Crippen molar-refractivity contribution >= 4 is 5.95 Å². The molecule has 4 rings (SSSR count). The minimum absolute atomic E-state index is 0.414. The molecule has 1 aliphatic rings. The molecule has 1 heterocycles. The number of nitrogens with one attached hydrogen (secondary N) is 1. The highest BCUT2D eigenvalue weighted by Gasteiger charge is 2.30. The zero-order valence-corrected chi connectivity index (χ0v) is 14.2. The van der Waals surface area contributed by atoms with Crippen LogP contribution in [0.15, 0.2) is 66.9 Å². The molecule has 2 aromatic carbocycles. The molecule has 126 valence electrons. The van der Waals surface area contributed by atoms with Crippen LogP contribution in [-0.4, -0.2) is 16.0 Å². The van der Waals surface area contributed by atoms with E-state index in [0.717, 1.165) is 18.6 Å². The molecule has 0 bridgehead atoms. The van der Waals surface area contributed by atoms with E-state index >= 15 is 0 Å². The van der Waals surface area contributed by atoms with Gasteiger partial charge in [0.1, 0.15) is 5.75 Å². The first-order valence-corrected chi connectivity index (χ1v) is 8.65. The number of para-hydroxylation sites is 1. The topological polar surface area (TPSA) is 47.0 Å². The maximum atomic E-state index is 5.76. The van der Waals surface area contributed by atoms with Crippen molar-refractivity contribution in [3.05, 3.63) is 78.0 Å². The number of benzene rings is 2. The number of nitrogens with zero attached hydrogens (tertiary/aromatic N) is 2. The number of anilines is 1. The highest BCUT2D eigenvalue weighted by molar-refractivity contribution is 5.35. The Balaban J connectivity index is 1.35. The number of hydrogen-bond donors (Lipinski definition) is 1. The van der Waals surface area contributed by atoms with Gasteiger partial charge >= 0.3 is 0 Å². The first-order chi connectivity index (χ1) is 12.3. The molecule has 3 aromatic rings. The molecular formula is C21H21N3O. The number of ether oxygens (including phenoxy) is 1. The van der Waals surface area contributed by atoms with Crippen LogP contribution in [0.3, 0.4) is 0 Å². The summed E-state index contributed by atoms with van der Waals surface area (Å²) < 4.78 is 5.76. The van der Waals surface area contributed by atoms with E-state index in [2.05, 4.69) is 46.5 Å². The molecule has 1 fully saturated rings. The second-order valence-electron chi connectivity index (χ2n) is 6.56. The van der Waals surface area contributed by atoms with Crippen LogP contribution >= 0.6 is 0 Å². The third-order valence-corrected chi connectivity index (χ3v) is 4.58. The quantitative estimate of drug-likeness (QED) is 0.719. The van der Waals surface area contributed by atoms with Crippen molar-refractivity contribution in [2.24, 2.45) is 0 Å². The lowest BCUT2D eigenvalue weighted by molar-refractivity contribution is 0.371. The fourth-order valence-corrected chi connectivity index (χ4v) is 3.19. The Hall–Kier alpha value is -2.88. The molecule has 1 N–H and O–H groups in total. The summed E-state index contributed by atoms with van der Waals surface area (Å²) in [5, 5.41) is 3.42. The Kier molecular flexibility index (Phi) is 4.34. The molecule has 0 amide bonds. The Morgan fingerprint density at radius 1 is 1.00 bits per heavy atom. The summed E-state index contributed by atoms with van der Waals surface area (Å²) in [6.45, 7) is 2.14. The third kappa shape index (κ3) is 3.79. The lowest BCUT2D eigenvalue weighted by Gasteiger charge is -2.36. The van der Waals surface area contributed by atoms with E-state index in [-0.39, 0.29) is 0 Å². The minimum atomic E-state index is 0.414. The fourth-order valence-electron chi connectivity index (χ4n) is 3.19. The Morgan fingerprint density at radius 3 is 2.64 bits per heavy atom. The van der Waals surface area contributed by atoms with Crippen molar-refractivity contribution in [2.75, 3.05) is 5.32 Å². The number of aryl methyl sites for hydroxylation is 1. The molecule has 0 radical (unpaired) electrons. The van der Waals surface area contributed by atoms with Crippen molar-refractivity contribution in [3.8, 4) is 11.6 Å². The van der Waals surface area contributed by atoms with E-state index in [0.29, 0.717) is 23.8 Å². The second-order valence-corrected chi connectivity index (χ2v) is 6.56. The Bertz CT molecular complexity index is 845. The largest absolute Gasteiger partial charge is 0.439 e. The highest BCUT2D eigenvalue weighted by Crippen LogP contribution is 2.38. The van der Waals surface area contributed by atoms with Gasteiger partial charge in [-0.15, -0.1) is 0 Å². The normalized spacial score (nSPS) is 19.1. The van der Waals surface area contributed by atoms with Gasteiger partial charge in [-0.25, -0.2) is 4.98 Å². The van der Waals surface area contributed by atoms with E-state index in [4.69, 9.17) is 4.74 Å². The lowest BCUT2D eigenvalue weighted by Crippen LogP contribution is -2.34. The first kappa shape index (κ1) is 15.6. The lowest BCUT2D eigenvalue weighted by atomic mass is 9.75. The third-order valence-electron chi connectivity index (χ3n) is 4.58. The molecule has 1 saturated carbocycles. The second kappa shape index (κ2) is 6.93. The summed E-state index contributed by atoms with van der Waals surface area (Å²) in [7, 11) is 0. The molecule has 25 heavy (non-hydrogen) atoms. The van der Waals surface area contributed by atoms with Crippen LogP contribution in [0.4, 0.5) is 5.95 Å². The maximum Gasteiger partial charge on any atom is 0.226 e. The van der Waals surface area contributed by atoms with Crippen LogP contribution in [-0.2, 0) is 0 Å². The van der Waals surface area contributed by atoms with Crippen molar-refractivity contribution in [1.82, 2.24) is 9.97 Å². The van der Waals surface area contributed by atoms with E-state index in [1.165, 1.54) is 11.1 Å². The number of hydrogen-bond acceptors (Lipinski definition) is 4. The van der Waals surface area contributed by atoms with Crippen LogP contribution in [0, 0.1) is 6.92 Å². The minimum Gasteiger partial charge on any atom is -0.439 e. The van der Waals surface area contributed by atoms with Crippen LogP contribution in [0.2, 0.25) is 0 Å². The van der Waals surface area contributed by atoms with Gasteiger partial charge in [0.25, 0.3) is 0 Å². The molecule has 0 saturated heterocycles. The Morgan fingerprint density at radius 2 is 1.84 bits per heavy atom. The number of aromatic nitrogens is 2. The molecule has 0 spiro atoms. The molecule has 1 aromatic heterocycles. The zero-order valence-electron chi connectivity index (χ0n) is 14.2. The monoisotopic (exact) mass is 331 g/mol. The summed E-state index contributed by atoms with van der Waals surface area (Å²) in [5.74, 6) is 2.58. The summed E-state index contributed by atoms with van der Waals surface area (Å²) in [4.78, 5) is 8.77. The molecule has 0 aliphatic heterocycles. The molecule has 4 heteroatoms. The number of rotatable bonds is 5. The standard InChI is InChI=1S/C21H21N3O/c1-15-6-5-7-16(12-15)17-13-18(14-17)23-21-22-11-10-20(24-21)25-19-8-3-2-4-9-19/h2-12,17-18H,13-14H2,1H3,(H,22,23,24). The van der Waals surface area contributed by atoms with Crippen molar-refractivity contribution in [1.29, 1.82) is 0 Å². The summed E-state index contributed by atoms with van der Waals surface area (Å²) in [6, 6.07) is 20.6. The first-order valence-electron chi connectivity index (χ1n) is 8.65. The molecule has 4 nitrogen and oxygen atoms in total. The summed E-state index contributed by atoms with van der Waals surface area (Å²) in [6.07, 6.45) is 3.94. The van der Waals surface area contributed by atoms with Gasteiger partial charge in [0.15, 0.2) is 0 Å². The smallest absolute Gasteiger partial charge is 0.226 e. The van der Waals surface area contributed by atoms with Crippen LogP contribution in [0.1, 0.15) is 29.9 Å². The predicted molar refractivity (Wildman–Crippen MR) is 99.1 cm³/mol. The SMILES string of the molecule is Cc1cccc(C2CC(Nc3nccc(Oc4ccccc4)n3)C2)c1. The highest BCUT2D eigenvalue weighted by atomic mass is 16.5. The maximum absolute atomic E-state index is 5.76. The van der Waals surface area contributed by atoms with Crippen LogP contribution in [0.5, 0.6) is 11.6 Å². The summed E-state index contributed by atoms with van der Waals surface area (Å²) >= 11 is 0. The van der Waals surface area contributed by atoms with E-state index in [9.17, 15) is 0 Å². The Labute approximate surface area is 147 Å². The van der Waals surface area contributed by atoms with Gasteiger partial charge < -0.3 is 10.1 Å². The fraction of sp³-hybridized carbons (Fsp3) is 0.238. The summed E-state index contributed by atoms with van der Waals surface area (Å²) in [5.41, 5.74) is 2.75. The molecule has 0 atom stereocenters. The molecule has 0 unspecified atom stereocenters. The van der Waals surface area contributed by atoms with Gasteiger partial charge in [0.2, 0.25) is 11.8 Å². The van der Waals surface area contributed by atoms with Crippen LogP contribution < -0.4 is 10.1 Å². The van der Waals surface area contributed by atoms with E-state index in [1.807, 2.05) is 30.3 Å². The van der Waals surface area contributed by atoms with Gasteiger partial charge in [0, 0.05) is 18.3 Å². The van der Waals surface area contributed by atoms with Gasteiger partial charge in [-0.05, 0) is 43.4 Å². The molecule has 1 aliphatic carbocycles. The van der Waals surface area contributed by atoms with Crippen molar-refractivity contribution < 1.29 is 4.74 Å². The molecular weight excluding hydrogens is 310 g/mol. The predicted octanol–water partition coefficient (Wildman–Crippen LogP) is 4.94. The van der Waals surface area contributed by atoms with E-state index in [1.54, 1.807) is 12.3 Å². The van der Waals surface area contributed by atoms with Gasteiger partial charge in [-0.2, -0.15) is 4.98 Å².